The maximum absolute atomic E-state index is 12.4. The topological polar surface area (TPSA) is 45.2 Å². The molecule has 1 aromatic carbocycles. The summed E-state index contributed by atoms with van der Waals surface area (Å²) < 4.78 is 12.4. The van der Waals surface area contributed by atoms with Crippen molar-refractivity contribution in [3.05, 3.63) is 52.0 Å². The molecule has 0 bridgehead atoms. The lowest BCUT2D eigenvalue weighted by molar-refractivity contribution is -0.114. The van der Waals surface area contributed by atoms with Gasteiger partial charge in [0.15, 0.2) is 5.13 Å². The van der Waals surface area contributed by atoms with Crippen LogP contribution in [0.2, 0.25) is 0 Å². The molecule has 138 valence electrons. The highest BCUT2D eigenvalue weighted by atomic mass is 32.1. The molecule has 1 aliphatic rings. The smallest absolute Gasteiger partial charge is 0.223 e. The van der Waals surface area contributed by atoms with Crippen LogP contribution in [-0.2, 0) is 17.8 Å². The molecule has 26 heavy (non-hydrogen) atoms. The summed E-state index contributed by atoms with van der Waals surface area (Å²) in [7, 11) is 0. The number of hydrogen-bond acceptors (Lipinski definition) is 4. The number of carbonyl (C=O) groups excluding carboxylic acids is 1. The molecule has 1 N–H and O–H groups in total. The molecular formula is C20H24FN3OS. The van der Waals surface area contributed by atoms with Gasteiger partial charge in [-0.05, 0) is 24.0 Å². The van der Waals surface area contributed by atoms with Crippen LogP contribution < -0.4 is 5.32 Å². The number of halogens is 1. The van der Waals surface area contributed by atoms with E-state index in [9.17, 15) is 9.18 Å². The second kappa shape index (κ2) is 9.05. The van der Waals surface area contributed by atoms with E-state index in [1.54, 1.807) is 0 Å². The number of likely N-dealkylation sites (tertiary alicyclic amines) is 1. The van der Waals surface area contributed by atoms with Gasteiger partial charge in [0, 0.05) is 44.1 Å². The first kappa shape index (κ1) is 18.7. The summed E-state index contributed by atoms with van der Waals surface area (Å²) in [6.45, 7) is 4.12. The van der Waals surface area contributed by atoms with E-state index in [1.807, 2.05) is 18.3 Å². The van der Waals surface area contributed by atoms with Crippen molar-refractivity contribution in [3.63, 3.8) is 0 Å². The highest BCUT2D eigenvalue weighted by Crippen LogP contribution is 2.24. The van der Waals surface area contributed by atoms with E-state index in [0.717, 1.165) is 38.0 Å². The van der Waals surface area contributed by atoms with E-state index >= 15 is 0 Å². The Balaban J connectivity index is 1.50. The van der Waals surface area contributed by atoms with E-state index in [2.05, 4.69) is 33.4 Å². The predicted molar refractivity (Wildman–Crippen MR) is 105 cm³/mol. The molecule has 2 aromatic rings. The summed E-state index contributed by atoms with van der Waals surface area (Å²) in [5, 5.41) is 3.40. The number of anilines is 1. The van der Waals surface area contributed by atoms with Crippen LogP contribution in [0.1, 0.15) is 35.8 Å². The summed E-state index contributed by atoms with van der Waals surface area (Å²) in [5.74, 6) is -0.0867. The molecule has 0 spiro atoms. The van der Waals surface area contributed by atoms with Crippen LogP contribution in [0.4, 0.5) is 9.52 Å². The van der Waals surface area contributed by atoms with E-state index in [4.69, 9.17) is 0 Å². The monoisotopic (exact) mass is 373 g/mol. The number of amides is 1. The zero-order chi connectivity index (χ0) is 18.4. The number of piperidine rings is 1. The minimum Gasteiger partial charge on any atom is -0.302 e. The van der Waals surface area contributed by atoms with Gasteiger partial charge in [-0.2, -0.15) is 0 Å². The highest BCUT2D eigenvalue weighted by molar-refractivity contribution is 7.15. The summed E-state index contributed by atoms with van der Waals surface area (Å²) in [5.41, 5.74) is 3.70. The van der Waals surface area contributed by atoms with Gasteiger partial charge in [0.1, 0.15) is 0 Å². The van der Waals surface area contributed by atoms with Crippen molar-refractivity contribution in [2.45, 2.75) is 32.7 Å². The van der Waals surface area contributed by atoms with Crippen LogP contribution in [-0.4, -0.2) is 35.6 Å². The van der Waals surface area contributed by atoms with Crippen molar-refractivity contribution in [2.75, 3.05) is 25.1 Å². The first-order chi connectivity index (χ1) is 12.6. The predicted octanol–water partition coefficient (Wildman–Crippen LogP) is 4.29. The maximum atomic E-state index is 12.4. The van der Waals surface area contributed by atoms with Crippen LogP contribution in [0.5, 0.6) is 0 Å². The van der Waals surface area contributed by atoms with Crippen molar-refractivity contribution >= 4 is 28.5 Å². The Labute approximate surface area is 157 Å². The van der Waals surface area contributed by atoms with Gasteiger partial charge in [-0.25, -0.2) is 4.98 Å². The third kappa shape index (κ3) is 5.47. The van der Waals surface area contributed by atoms with Gasteiger partial charge < -0.3 is 5.32 Å². The fourth-order valence-corrected chi connectivity index (χ4v) is 3.98. The number of carbonyl (C=O) groups is 1. The second-order valence-corrected chi connectivity index (χ2v) is 7.69. The van der Waals surface area contributed by atoms with Crippen LogP contribution >= 0.6 is 11.3 Å². The zero-order valence-electron chi connectivity index (χ0n) is 15.0. The molecule has 1 fully saturated rings. The molecule has 1 aromatic heterocycles. The lowest BCUT2D eigenvalue weighted by Gasteiger charge is -2.27. The number of hydrogen-bond donors (Lipinski definition) is 1. The first-order valence-electron chi connectivity index (χ1n) is 8.91. The number of benzene rings is 1. The molecular weight excluding hydrogens is 349 g/mol. The molecule has 1 aliphatic heterocycles. The summed E-state index contributed by atoms with van der Waals surface area (Å²) >= 11 is 1.54. The third-order valence-corrected chi connectivity index (χ3v) is 5.35. The van der Waals surface area contributed by atoms with Gasteiger partial charge in [0.2, 0.25) is 5.91 Å². The number of thiazole rings is 1. The SMILES string of the molecule is CC(=O)Nc1ncc(CN2CCC(=Cc3ccc(CCF)cc3)CC2)s1. The van der Waals surface area contributed by atoms with Gasteiger partial charge in [-0.1, -0.05) is 35.9 Å². The Morgan fingerprint density at radius 1 is 1.31 bits per heavy atom. The Morgan fingerprint density at radius 2 is 2.04 bits per heavy atom. The van der Waals surface area contributed by atoms with Crippen LogP contribution in [0.3, 0.4) is 0 Å². The minimum absolute atomic E-state index is 0.0867. The number of nitrogens with one attached hydrogen (secondary N) is 1. The number of alkyl halides is 1. The molecule has 0 aliphatic carbocycles. The van der Waals surface area contributed by atoms with Crippen molar-refractivity contribution in [1.29, 1.82) is 0 Å². The van der Waals surface area contributed by atoms with Gasteiger partial charge in [-0.15, -0.1) is 11.3 Å². The molecule has 0 unspecified atom stereocenters. The summed E-state index contributed by atoms with van der Waals surface area (Å²) in [6.07, 6.45) is 6.72. The standard InChI is InChI=1S/C20H24FN3OS/c1-15(25)23-20-22-13-19(26-20)14-24-10-7-18(8-11-24)12-17-4-2-16(3-5-17)6-9-21/h2-5,12-13H,6-11,14H2,1H3,(H,22,23,25). The zero-order valence-corrected chi connectivity index (χ0v) is 15.8. The molecule has 0 atom stereocenters. The Kier molecular flexibility index (Phi) is 6.52. The molecule has 6 heteroatoms. The van der Waals surface area contributed by atoms with Crippen LogP contribution in [0.25, 0.3) is 6.08 Å². The van der Waals surface area contributed by atoms with Crippen molar-refractivity contribution in [1.82, 2.24) is 9.88 Å². The maximum Gasteiger partial charge on any atom is 0.223 e. The first-order valence-corrected chi connectivity index (χ1v) is 9.73. The molecule has 3 rings (SSSR count). The summed E-state index contributed by atoms with van der Waals surface area (Å²) in [6, 6.07) is 8.17. The Hall–Kier alpha value is -2.05. The molecule has 0 saturated carbocycles. The highest BCUT2D eigenvalue weighted by Gasteiger charge is 2.15. The van der Waals surface area contributed by atoms with Crippen molar-refractivity contribution in [2.24, 2.45) is 0 Å². The van der Waals surface area contributed by atoms with Crippen molar-refractivity contribution < 1.29 is 9.18 Å². The number of aryl methyl sites for hydroxylation is 1. The normalized spacial score (nSPS) is 15.1. The number of aromatic nitrogens is 1. The molecule has 0 radical (unpaired) electrons. The average molecular weight is 373 g/mol. The van der Waals surface area contributed by atoms with E-state index < -0.39 is 0 Å². The van der Waals surface area contributed by atoms with Gasteiger partial charge in [-0.3, -0.25) is 14.1 Å². The molecule has 2 heterocycles. The van der Waals surface area contributed by atoms with Crippen LogP contribution in [0.15, 0.2) is 36.0 Å². The fourth-order valence-electron chi connectivity index (χ4n) is 3.08. The fraction of sp³-hybridized carbons (Fsp3) is 0.400. The second-order valence-electron chi connectivity index (χ2n) is 6.57. The number of nitrogens with zero attached hydrogens (tertiary/aromatic N) is 2. The van der Waals surface area contributed by atoms with E-state index in [-0.39, 0.29) is 12.6 Å². The lowest BCUT2D eigenvalue weighted by atomic mass is 10.00. The third-order valence-electron chi connectivity index (χ3n) is 4.45. The van der Waals surface area contributed by atoms with E-state index in [1.165, 1.54) is 34.3 Å². The van der Waals surface area contributed by atoms with Gasteiger partial charge >= 0.3 is 0 Å². The van der Waals surface area contributed by atoms with Gasteiger partial charge in [0.05, 0.1) is 6.67 Å². The minimum atomic E-state index is -0.303. The van der Waals surface area contributed by atoms with Crippen LogP contribution in [0, 0.1) is 0 Å². The molecule has 1 saturated heterocycles. The van der Waals surface area contributed by atoms with Gasteiger partial charge in [0.25, 0.3) is 0 Å². The van der Waals surface area contributed by atoms with Crippen molar-refractivity contribution in [3.8, 4) is 0 Å². The summed E-state index contributed by atoms with van der Waals surface area (Å²) in [4.78, 5) is 18.9. The molecule has 1 amide bonds. The largest absolute Gasteiger partial charge is 0.302 e. The quantitative estimate of drug-likeness (QED) is 0.821. The molecule has 4 nitrogen and oxygen atoms in total. The Morgan fingerprint density at radius 3 is 2.69 bits per heavy atom. The number of rotatable bonds is 6. The Bertz CT molecular complexity index is 760. The average Bonchev–Trinajstić information content (AvgIpc) is 3.05. The van der Waals surface area contributed by atoms with E-state index in [0.29, 0.717) is 11.6 Å². The lowest BCUT2D eigenvalue weighted by Crippen LogP contribution is -2.29.